The Morgan fingerprint density at radius 1 is 1.55 bits per heavy atom. The van der Waals surface area contributed by atoms with Gasteiger partial charge in [0.1, 0.15) is 10.7 Å². The fraction of sp³-hybridized carbons (Fsp3) is 0.533. The SMILES string of the molecule is CCC1CN(Cc2ccc(C(N)=S)c(OC)c2)CCO1. The molecule has 0 aliphatic carbocycles. The minimum absolute atomic E-state index is 0.349. The lowest BCUT2D eigenvalue weighted by molar-refractivity contribution is -0.0324. The van der Waals surface area contributed by atoms with E-state index >= 15 is 0 Å². The Bertz CT molecular complexity index is 479. The van der Waals surface area contributed by atoms with E-state index in [1.165, 1.54) is 5.56 Å². The van der Waals surface area contributed by atoms with Gasteiger partial charge < -0.3 is 15.2 Å². The Balaban J connectivity index is 2.07. The zero-order chi connectivity index (χ0) is 14.5. The van der Waals surface area contributed by atoms with Crippen LogP contribution in [0.5, 0.6) is 5.75 Å². The second-order valence-electron chi connectivity index (χ2n) is 5.04. The second kappa shape index (κ2) is 7.02. The van der Waals surface area contributed by atoms with Gasteiger partial charge in [0.05, 0.1) is 25.4 Å². The van der Waals surface area contributed by atoms with Crippen molar-refractivity contribution in [1.29, 1.82) is 0 Å². The van der Waals surface area contributed by atoms with Crippen LogP contribution < -0.4 is 10.5 Å². The number of hydrogen-bond acceptors (Lipinski definition) is 4. The van der Waals surface area contributed by atoms with Crippen LogP contribution in [-0.4, -0.2) is 42.8 Å². The fourth-order valence-corrected chi connectivity index (χ4v) is 2.64. The summed E-state index contributed by atoms with van der Waals surface area (Å²) in [7, 11) is 1.64. The highest BCUT2D eigenvalue weighted by Gasteiger charge is 2.19. The maximum Gasteiger partial charge on any atom is 0.129 e. The summed E-state index contributed by atoms with van der Waals surface area (Å²) in [6, 6.07) is 6.02. The molecule has 0 radical (unpaired) electrons. The highest BCUT2D eigenvalue weighted by Crippen LogP contribution is 2.22. The molecule has 4 nitrogen and oxygen atoms in total. The largest absolute Gasteiger partial charge is 0.496 e. The summed E-state index contributed by atoms with van der Waals surface area (Å²) in [5.41, 5.74) is 7.68. The van der Waals surface area contributed by atoms with Crippen molar-refractivity contribution in [1.82, 2.24) is 4.90 Å². The molecule has 1 atom stereocenters. The Labute approximate surface area is 125 Å². The van der Waals surface area contributed by atoms with E-state index in [0.29, 0.717) is 11.1 Å². The molecule has 0 bridgehead atoms. The lowest BCUT2D eigenvalue weighted by Gasteiger charge is -2.32. The van der Waals surface area contributed by atoms with E-state index in [1.54, 1.807) is 7.11 Å². The Morgan fingerprint density at radius 3 is 3.00 bits per heavy atom. The van der Waals surface area contributed by atoms with E-state index < -0.39 is 0 Å². The molecular weight excluding hydrogens is 272 g/mol. The van der Waals surface area contributed by atoms with Crippen LogP contribution in [0.4, 0.5) is 0 Å². The van der Waals surface area contributed by atoms with Gasteiger partial charge in [-0.25, -0.2) is 0 Å². The van der Waals surface area contributed by atoms with Gasteiger partial charge in [-0.05, 0) is 24.1 Å². The van der Waals surface area contributed by atoms with Crippen molar-refractivity contribution in [2.75, 3.05) is 26.8 Å². The second-order valence-corrected chi connectivity index (χ2v) is 5.47. The smallest absolute Gasteiger partial charge is 0.129 e. The molecule has 1 unspecified atom stereocenters. The third kappa shape index (κ3) is 3.69. The molecule has 1 aliphatic rings. The maximum absolute atomic E-state index is 5.69. The van der Waals surface area contributed by atoms with Crippen molar-refractivity contribution in [3.05, 3.63) is 29.3 Å². The molecule has 0 amide bonds. The van der Waals surface area contributed by atoms with Gasteiger partial charge in [-0.1, -0.05) is 25.2 Å². The van der Waals surface area contributed by atoms with Crippen LogP contribution in [0.15, 0.2) is 18.2 Å². The van der Waals surface area contributed by atoms with E-state index in [-0.39, 0.29) is 0 Å². The van der Waals surface area contributed by atoms with Crippen LogP contribution in [-0.2, 0) is 11.3 Å². The van der Waals surface area contributed by atoms with Crippen LogP contribution in [0.1, 0.15) is 24.5 Å². The summed E-state index contributed by atoms with van der Waals surface area (Å²) in [4.78, 5) is 2.78. The van der Waals surface area contributed by atoms with Crippen molar-refractivity contribution >= 4 is 17.2 Å². The van der Waals surface area contributed by atoms with E-state index in [9.17, 15) is 0 Å². The zero-order valence-corrected chi connectivity index (χ0v) is 12.9. The lowest BCUT2D eigenvalue weighted by Crippen LogP contribution is -2.41. The van der Waals surface area contributed by atoms with Crippen LogP contribution in [0, 0.1) is 0 Å². The molecule has 1 saturated heterocycles. The zero-order valence-electron chi connectivity index (χ0n) is 12.1. The number of methoxy groups -OCH3 is 1. The highest BCUT2D eigenvalue weighted by atomic mass is 32.1. The average molecular weight is 294 g/mol. The summed E-state index contributed by atoms with van der Waals surface area (Å²) in [6.45, 7) is 5.81. The number of hydrogen-bond donors (Lipinski definition) is 1. The van der Waals surface area contributed by atoms with Gasteiger partial charge in [-0.3, -0.25) is 4.90 Å². The van der Waals surface area contributed by atoms with Crippen LogP contribution in [0.3, 0.4) is 0 Å². The number of rotatable bonds is 5. The highest BCUT2D eigenvalue weighted by molar-refractivity contribution is 7.80. The first kappa shape index (κ1) is 15.2. The van der Waals surface area contributed by atoms with Gasteiger partial charge in [0.15, 0.2) is 0 Å². The van der Waals surface area contributed by atoms with Gasteiger partial charge in [0.2, 0.25) is 0 Å². The van der Waals surface area contributed by atoms with Crippen molar-refractivity contribution in [2.24, 2.45) is 5.73 Å². The molecule has 1 heterocycles. The third-order valence-corrected chi connectivity index (χ3v) is 3.84. The standard InChI is InChI=1S/C15H22N2O2S/c1-3-12-10-17(6-7-19-12)9-11-4-5-13(15(16)20)14(8-11)18-2/h4-5,8,12H,3,6-7,9-10H2,1-2H3,(H2,16,20). The number of benzene rings is 1. The lowest BCUT2D eigenvalue weighted by atomic mass is 10.1. The summed E-state index contributed by atoms with van der Waals surface area (Å²) in [5.74, 6) is 0.746. The fourth-order valence-electron chi connectivity index (χ4n) is 2.47. The van der Waals surface area contributed by atoms with E-state index in [4.69, 9.17) is 27.4 Å². The van der Waals surface area contributed by atoms with Crippen molar-refractivity contribution in [2.45, 2.75) is 26.0 Å². The Morgan fingerprint density at radius 2 is 2.35 bits per heavy atom. The molecule has 20 heavy (non-hydrogen) atoms. The number of ether oxygens (including phenoxy) is 2. The van der Waals surface area contributed by atoms with Gasteiger partial charge in [-0.15, -0.1) is 0 Å². The summed E-state index contributed by atoms with van der Waals surface area (Å²) < 4.78 is 11.1. The molecule has 110 valence electrons. The topological polar surface area (TPSA) is 47.7 Å². The van der Waals surface area contributed by atoms with Gasteiger partial charge >= 0.3 is 0 Å². The predicted octanol–water partition coefficient (Wildman–Crippen LogP) is 1.94. The predicted molar refractivity (Wildman–Crippen MR) is 84.2 cm³/mol. The van der Waals surface area contributed by atoms with Gasteiger partial charge in [0.25, 0.3) is 0 Å². The maximum atomic E-state index is 5.69. The number of morpholine rings is 1. The quantitative estimate of drug-likeness (QED) is 0.841. The van der Waals surface area contributed by atoms with Crippen molar-refractivity contribution < 1.29 is 9.47 Å². The number of nitrogens with two attached hydrogens (primary N) is 1. The first-order valence-corrected chi connectivity index (χ1v) is 7.35. The van der Waals surface area contributed by atoms with Gasteiger partial charge in [-0.2, -0.15) is 0 Å². The van der Waals surface area contributed by atoms with Crippen LogP contribution >= 0.6 is 12.2 Å². The third-order valence-electron chi connectivity index (χ3n) is 3.62. The number of nitrogens with zero attached hydrogens (tertiary/aromatic N) is 1. The molecule has 1 aliphatic heterocycles. The monoisotopic (exact) mass is 294 g/mol. The Kier molecular flexibility index (Phi) is 5.34. The van der Waals surface area contributed by atoms with Crippen molar-refractivity contribution in [3.8, 4) is 5.75 Å². The first-order valence-electron chi connectivity index (χ1n) is 6.94. The average Bonchev–Trinajstić information content (AvgIpc) is 2.47. The normalized spacial score (nSPS) is 19.8. The number of thiocarbonyl (C=S) groups is 1. The molecule has 0 spiro atoms. The minimum atomic E-state index is 0.349. The molecule has 2 N–H and O–H groups in total. The van der Waals surface area contributed by atoms with Crippen molar-refractivity contribution in [3.63, 3.8) is 0 Å². The molecule has 0 saturated carbocycles. The van der Waals surface area contributed by atoms with E-state index in [2.05, 4.69) is 17.9 Å². The molecule has 5 heteroatoms. The first-order chi connectivity index (χ1) is 9.63. The molecular formula is C15H22N2O2S. The molecule has 1 aromatic carbocycles. The van der Waals surface area contributed by atoms with Gasteiger partial charge in [0, 0.05) is 19.6 Å². The molecule has 1 aromatic rings. The van der Waals surface area contributed by atoms with Crippen LogP contribution in [0.25, 0.3) is 0 Å². The summed E-state index contributed by atoms with van der Waals surface area (Å²) >= 11 is 5.02. The molecule has 2 rings (SSSR count). The van der Waals surface area contributed by atoms with Crippen LogP contribution in [0.2, 0.25) is 0 Å². The Hall–Kier alpha value is -1.17. The minimum Gasteiger partial charge on any atom is -0.496 e. The molecule has 1 fully saturated rings. The van der Waals surface area contributed by atoms with E-state index in [0.717, 1.165) is 44.0 Å². The van der Waals surface area contributed by atoms with E-state index in [1.807, 2.05) is 12.1 Å². The molecule has 0 aromatic heterocycles. The summed E-state index contributed by atoms with van der Waals surface area (Å²) in [6.07, 6.45) is 1.40. The summed E-state index contributed by atoms with van der Waals surface area (Å²) in [5, 5.41) is 0.